The Morgan fingerprint density at radius 2 is 1.90 bits per heavy atom. The van der Waals surface area contributed by atoms with E-state index < -0.39 is 12.1 Å². The van der Waals surface area contributed by atoms with Gasteiger partial charge in [-0.15, -0.1) is 0 Å². The topological polar surface area (TPSA) is 79.7 Å². The molecule has 0 bridgehead atoms. The third kappa shape index (κ3) is 2.78. The van der Waals surface area contributed by atoms with Gasteiger partial charge in [0.25, 0.3) is 0 Å². The maximum absolute atomic E-state index is 11.0. The van der Waals surface area contributed by atoms with Crippen molar-refractivity contribution >= 4 is 28.0 Å². The predicted molar refractivity (Wildman–Crippen MR) is 76.5 cm³/mol. The van der Waals surface area contributed by atoms with Crippen LogP contribution in [0.25, 0.3) is 21.9 Å². The third-order valence-electron chi connectivity index (χ3n) is 3.48. The average molecular weight is 294 g/mol. The van der Waals surface area contributed by atoms with E-state index in [4.69, 9.17) is 10.2 Å². The van der Waals surface area contributed by atoms with Gasteiger partial charge in [0, 0.05) is 10.8 Å². The molecule has 0 aliphatic carbocycles. The summed E-state index contributed by atoms with van der Waals surface area (Å²) in [5.74, 6) is 0. The van der Waals surface area contributed by atoms with Crippen LogP contribution < -0.4 is 35.3 Å². The van der Waals surface area contributed by atoms with Gasteiger partial charge in [0.05, 0.1) is 6.04 Å². The van der Waals surface area contributed by atoms with E-state index in [-0.39, 0.29) is 31.0 Å². The minimum absolute atomic E-state index is 0. The molecule has 1 heterocycles. The SMILES string of the molecule is CC(c1ccc2c(c1)oc1ccccc12)N(O)C(N)=O.[H-].[Na+]. The van der Waals surface area contributed by atoms with Gasteiger partial charge in [-0.3, -0.25) is 5.21 Å². The van der Waals surface area contributed by atoms with E-state index in [0.29, 0.717) is 10.6 Å². The maximum atomic E-state index is 11.0. The fraction of sp³-hybridized carbons (Fsp3) is 0.133. The fourth-order valence-corrected chi connectivity index (χ4v) is 2.33. The number of carbonyl (C=O) groups excluding carboxylic acids is 1. The molecule has 1 aromatic heterocycles. The molecule has 104 valence electrons. The zero-order valence-corrected chi connectivity index (χ0v) is 13.9. The molecule has 0 saturated carbocycles. The van der Waals surface area contributed by atoms with Crippen LogP contribution in [0.5, 0.6) is 0 Å². The van der Waals surface area contributed by atoms with E-state index in [9.17, 15) is 10.0 Å². The van der Waals surface area contributed by atoms with E-state index in [1.807, 2.05) is 42.5 Å². The smallest absolute Gasteiger partial charge is 1.00 e. The number of para-hydroxylation sites is 1. The van der Waals surface area contributed by atoms with Crippen molar-refractivity contribution in [1.82, 2.24) is 5.06 Å². The molecule has 0 saturated heterocycles. The van der Waals surface area contributed by atoms with Gasteiger partial charge < -0.3 is 11.6 Å². The van der Waals surface area contributed by atoms with Gasteiger partial charge in [0.15, 0.2) is 0 Å². The second-order valence-corrected chi connectivity index (χ2v) is 4.71. The summed E-state index contributed by atoms with van der Waals surface area (Å²) in [6.45, 7) is 1.69. The van der Waals surface area contributed by atoms with Crippen LogP contribution in [0.3, 0.4) is 0 Å². The van der Waals surface area contributed by atoms with Crippen LogP contribution in [0, 0.1) is 0 Å². The minimum atomic E-state index is -0.887. The summed E-state index contributed by atoms with van der Waals surface area (Å²) in [7, 11) is 0. The van der Waals surface area contributed by atoms with Crippen LogP contribution in [-0.4, -0.2) is 16.3 Å². The molecule has 3 aromatic rings. The number of hydrogen-bond donors (Lipinski definition) is 2. The quantitative estimate of drug-likeness (QED) is 0.411. The Balaban J connectivity index is 0.00000121. The summed E-state index contributed by atoms with van der Waals surface area (Å²) >= 11 is 0. The molecule has 3 rings (SSSR count). The number of urea groups is 1. The van der Waals surface area contributed by atoms with Crippen molar-refractivity contribution in [2.24, 2.45) is 5.73 Å². The van der Waals surface area contributed by atoms with Crippen molar-refractivity contribution in [3.63, 3.8) is 0 Å². The summed E-state index contributed by atoms with van der Waals surface area (Å²) in [6, 6.07) is 11.9. The van der Waals surface area contributed by atoms with Crippen LogP contribution in [0.1, 0.15) is 20.0 Å². The Hall–Kier alpha value is -1.53. The van der Waals surface area contributed by atoms with Crippen molar-refractivity contribution in [1.29, 1.82) is 0 Å². The molecule has 0 aliphatic rings. The maximum Gasteiger partial charge on any atom is 1.00 e. The molecule has 21 heavy (non-hydrogen) atoms. The summed E-state index contributed by atoms with van der Waals surface area (Å²) in [4.78, 5) is 11.0. The van der Waals surface area contributed by atoms with Gasteiger partial charge in [-0.05, 0) is 24.6 Å². The van der Waals surface area contributed by atoms with Crippen molar-refractivity contribution in [2.75, 3.05) is 0 Å². The minimum Gasteiger partial charge on any atom is -1.00 e. The molecule has 1 unspecified atom stereocenters. The Morgan fingerprint density at radius 3 is 2.62 bits per heavy atom. The first kappa shape index (κ1) is 15.9. The van der Waals surface area contributed by atoms with Gasteiger partial charge in [-0.1, -0.05) is 30.3 Å². The summed E-state index contributed by atoms with van der Waals surface area (Å²) in [6.07, 6.45) is 0. The first-order valence-electron chi connectivity index (χ1n) is 6.26. The van der Waals surface area contributed by atoms with Crippen LogP contribution in [0.2, 0.25) is 0 Å². The molecule has 2 aromatic carbocycles. The number of nitrogens with two attached hydrogens (primary N) is 1. The van der Waals surface area contributed by atoms with Gasteiger partial charge >= 0.3 is 35.6 Å². The van der Waals surface area contributed by atoms with Crippen LogP contribution in [0.4, 0.5) is 4.79 Å². The zero-order valence-electron chi connectivity index (χ0n) is 12.9. The number of primary amides is 1. The molecule has 5 nitrogen and oxygen atoms in total. The normalized spacial score (nSPS) is 12.1. The number of hydrogen-bond acceptors (Lipinski definition) is 3. The summed E-state index contributed by atoms with van der Waals surface area (Å²) < 4.78 is 5.77. The van der Waals surface area contributed by atoms with Gasteiger partial charge in [-0.25, -0.2) is 4.79 Å². The molecule has 0 radical (unpaired) electrons. The van der Waals surface area contributed by atoms with Crippen molar-refractivity contribution in [2.45, 2.75) is 13.0 Å². The molecule has 0 fully saturated rings. The Kier molecular flexibility index (Phi) is 4.58. The van der Waals surface area contributed by atoms with E-state index in [2.05, 4.69) is 0 Å². The number of nitrogens with zero attached hydrogens (tertiary/aromatic N) is 1. The second-order valence-electron chi connectivity index (χ2n) is 4.71. The molecule has 2 amide bonds. The molecule has 1 atom stereocenters. The Morgan fingerprint density at radius 1 is 1.24 bits per heavy atom. The zero-order chi connectivity index (χ0) is 14.3. The molecule has 3 N–H and O–H groups in total. The Bertz CT molecular complexity index is 806. The Labute approximate surface area is 145 Å². The number of amides is 2. The first-order chi connectivity index (χ1) is 9.58. The van der Waals surface area contributed by atoms with Gasteiger partial charge in [0.2, 0.25) is 0 Å². The summed E-state index contributed by atoms with van der Waals surface area (Å²) in [5, 5.41) is 12.1. The third-order valence-corrected chi connectivity index (χ3v) is 3.48. The standard InChI is InChI=1S/C15H14N2O3.Na.H/c1-9(17(19)15(16)18)10-6-7-12-11-4-2-3-5-13(11)20-14(12)8-10;;/h2-9,19H,1H3,(H2,16,18);;/q;+1;-1. The van der Waals surface area contributed by atoms with Gasteiger partial charge in [-0.2, -0.15) is 5.06 Å². The molecular weight excluding hydrogens is 279 g/mol. The van der Waals surface area contributed by atoms with Crippen molar-refractivity contribution < 1.29 is 45.4 Å². The van der Waals surface area contributed by atoms with Crippen molar-refractivity contribution in [3.8, 4) is 0 Å². The molecule has 6 heteroatoms. The fourth-order valence-electron chi connectivity index (χ4n) is 2.33. The number of rotatable bonds is 2. The van der Waals surface area contributed by atoms with E-state index in [0.717, 1.165) is 21.9 Å². The number of carbonyl (C=O) groups is 1. The largest absolute Gasteiger partial charge is 1.00 e. The van der Waals surface area contributed by atoms with E-state index in [1.54, 1.807) is 6.92 Å². The monoisotopic (exact) mass is 294 g/mol. The van der Waals surface area contributed by atoms with Crippen LogP contribution in [-0.2, 0) is 0 Å². The number of hydroxylamine groups is 2. The van der Waals surface area contributed by atoms with Crippen molar-refractivity contribution in [3.05, 3.63) is 48.0 Å². The van der Waals surface area contributed by atoms with Gasteiger partial charge in [0.1, 0.15) is 11.2 Å². The molecular formula is C15H15N2NaO3. The molecule has 0 aliphatic heterocycles. The average Bonchev–Trinajstić information content (AvgIpc) is 2.83. The predicted octanol–water partition coefficient (Wildman–Crippen LogP) is 0.533. The second kappa shape index (κ2) is 6.07. The first-order valence-corrected chi connectivity index (χ1v) is 6.26. The van der Waals surface area contributed by atoms with E-state index in [1.165, 1.54) is 0 Å². The number of benzene rings is 2. The number of furan rings is 1. The molecule has 0 spiro atoms. The number of fused-ring (bicyclic) bond motifs is 3. The summed E-state index contributed by atoms with van der Waals surface area (Å²) in [5.41, 5.74) is 7.33. The van der Waals surface area contributed by atoms with Crippen LogP contribution in [0.15, 0.2) is 46.9 Å². The van der Waals surface area contributed by atoms with Crippen LogP contribution >= 0.6 is 0 Å². The van der Waals surface area contributed by atoms with E-state index >= 15 is 0 Å².